The van der Waals surface area contributed by atoms with Crippen LogP contribution < -0.4 is 10.3 Å². The summed E-state index contributed by atoms with van der Waals surface area (Å²) in [6.45, 7) is 3.63. The van der Waals surface area contributed by atoms with E-state index in [2.05, 4.69) is 16.8 Å². The van der Waals surface area contributed by atoms with Crippen LogP contribution in [0.3, 0.4) is 0 Å². The fourth-order valence-electron chi connectivity index (χ4n) is 2.93. The molecule has 0 saturated carbocycles. The molecule has 3 rings (SSSR count). The number of nitrogens with zero attached hydrogens (tertiary/aromatic N) is 3. The number of halogens is 1. The summed E-state index contributed by atoms with van der Waals surface area (Å²) < 4.78 is 1.66. The quantitative estimate of drug-likeness (QED) is 0.904. The molecule has 1 aliphatic heterocycles. The number of aromatic carboxylic acids is 1. The molecule has 0 amide bonds. The van der Waals surface area contributed by atoms with Crippen LogP contribution in [0.4, 0.5) is 5.69 Å². The summed E-state index contributed by atoms with van der Waals surface area (Å²) >= 11 is 6.38. The molecule has 122 valence electrons. The Morgan fingerprint density at radius 1 is 1.17 bits per heavy atom. The third-order valence-electron chi connectivity index (χ3n) is 4.33. The lowest BCUT2D eigenvalue weighted by Crippen LogP contribution is -2.44. The van der Waals surface area contributed by atoms with Crippen molar-refractivity contribution in [2.45, 2.75) is 0 Å². The molecule has 1 aromatic carbocycles. The molecular weight excluding hydrogens is 318 g/mol. The Morgan fingerprint density at radius 2 is 1.83 bits per heavy atom. The number of anilines is 1. The van der Waals surface area contributed by atoms with Crippen molar-refractivity contribution in [3.63, 3.8) is 0 Å². The summed E-state index contributed by atoms with van der Waals surface area (Å²) in [4.78, 5) is 28.0. The second kappa shape index (κ2) is 5.86. The number of piperazine rings is 1. The number of fused-ring (bicyclic) bond motifs is 1. The van der Waals surface area contributed by atoms with Crippen molar-refractivity contribution in [1.29, 1.82) is 0 Å². The van der Waals surface area contributed by atoms with Crippen LogP contribution in [0.1, 0.15) is 10.4 Å². The number of carboxylic acid groups (broad SMARTS) is 1. The van der Waals surface area contributed by atoms with Crippen molar-refractivity contribution in [3.05, 3.63) is 39.1 Å². The predicted octanol–water partition coefficient (Wildman–Crippen LogP) is 1.64. The fraction of sp³-hybridized carbons (Fsp3) is 0.375. The molecule has 0 radical (unpaired) electrons. The molecule has 2 aromatic rings. The third-order valence-corrected chi connectivity index (χ3v) is 4.63. The number of likely N-dealkylation sites (N-methyl/N-ethyl adjacent to an activating group) is 1. The average Bonchev–Trinajstić information content (AvgIpc) is 2.51. The summed E-state index contributed by atoms with van der Waals surface area (Å²) in [5.41, 5.74) is 0.810. The van der Waals surface area contributed by atoms with Gasteiger partial charge in [-0.1, -0.05) is 11.6 Å². The number of pyridine rings is 1. The standard InChI is InChI=1S/C16H18ClN3O3/c1-18-3-5-20(6-4-18)14-8-13-10(7-12(14)17)15(21)11(16(22)23)9-19(13)2/h7-9H,3-6H2,1-2H3,(H,22,23). The number of rotatable bonds is 2. The first-order valence-electron chi connectivity index (χ1n) is 7.38. The monoisotopic (exact) mass is 335 g/mol. The zero-order chi connectivity index (χ0) is 16.7. The van der Waals surface area contributed by atoms with E-state index in [0.717, 1.165) is 31.9 Å². The largest absolute Gasteiger partial charge is 0.477 e. The lowest BCUT2D eigenvalue weighted by molar-refractivity contribution is 0.0695. The summed E-state index contributed by atoms with van der Waals surface area (Å²) in [5, 5.41) is 9.95. The van der Waals surface area contributed by atoms with E-state index in [-0.39, 0.29) is 5.56 Å². The maximum absolute atomic E-state index is 12.3. The van der Waals surface area contributed by atoms with Crippen LogP contribution in [0.2, 0.25) is 5.02 Å². The van der Waals surface area contributed by atoms with Crippen LogP contribution >= 0.6 is 11.6 Å². The van der Waals surface area contributed by atoms with Crippen LogP contribution in [0.25, 0.3) is 10.9 Å². The van der Waals surface area contributed by atoms with Crippen LogP contribution in [-0.4, -0.2) is 53.8 Å². The molecule has 0 atom stereocenters. The van der Waals surface area contributed by atoms with Gasteiger partial charge < -0.3 is 19.5 Å². The highest BCUT2D eigenvalue weighted by molar-refractivity contribution is 6.34. The Balaban J connectivity index is 2.15. The molecule has 0 bridgehead atoms. The van der Waals surface area contributed by atoms with Gasteiger partial charge in [0.15, 0.2) is 0 Å². The molecule has 1 aliphatic rings. The zero-order valence-corrected chi connectivity index (χ0v) is 13.8. The molecule has 0 unspecified atom stereocenters. The minimum absolute atomic E-state index is 0.247. The zero-order valence-electron chi connectivity index (χ0n) is 13.0. The minimum atomic E-state index is -1.23. The first-order chi connectivity index (χ1) is 10.9. The van der Waals surface area contributed by atoms with Crippen molar-refractivity contribution in [3.8, 4) is 0 Å². The van der Waals surface area contributed by atoms with E-state index >= 15 is 0 Å². The molecular formula is C16H18ClN3O3. The van der Waals surface area contributed by atoms with Gasteiger partial charge in [-0.3, -0.25) is 4.79 Å². The minimum Gasteiger partial charge on any atom is -0.477 e. The summed E-state index contributed by atoms with van der Waals surface area (Å²) in [5.74, 6) is -1.23. The predicted molar refractivity (Wildman–Crippen MR) is 90.9 cm³/mol. The fourth-order valence-corrected chi connectivity index (χ4v) is 3.22. The van der Waals surface area contributed by atoms with Crippen LogP contribution in [0, 0.1) is 0 Å². The Labute approximate surface area is 138 Å². The van der Waals surface area contributed by atoms with E-state index in [4.69, 9.17) is 16.7 Å². The smallest absolute Gasteiger partial charge is 0.341 e. The first kappa shape index (κ1) is 15.8. The molecule has 1 N–H and O–H groups in total. The van der Waals surface area contributed by atoms with E-state index in [0.29, 0.717) is 15.9 Å². The van der Waals surface area contributed by atoms with Crippen molar-refractivity contribution < 1.29 is 9.90 Å². The Hall–Kier alpha value is -2.05. The molecule has 1 saturated heterocycles. The normalized spacial score (nSPS) is 16.0. The van der Waals surface area contributed by atoms with Gasteiger partial charge in [0.1, 0.15) is 5.56 Å². The van der Waals surface area contributed by atoms with Gasteiger partial charge in [-0.15, -0.1) is 0 Å². The van der Waals surface area contributed by atoms with Crippen LogP contribution in [-0.2, 0) is 7.05 Å². The van der Waals surface area contributed by atoms with Crippen molar-refractivity contribution in [2.24, 2.45) is 7.05 Å². The maximum Gasteiger partial charge on any atom is 0.341 e. The second-order valence-electron chi connectivity index (χ2n) is 5.90. The highest BCUT2D eigenvalue weighted by atomic mass is 35.5. The molecule has 7 heteroatoms. The lowest BCUT2D eigenvalue weighted by atomic mass is 10.1. The number of hydrogen-bond donors (Lipinski definition) is 1. The van der Waals surface area contributed by atoms with Gasteiger partial charge in [0.05, 0.1) is 16.2 Å². The lowest BCUT2D eigenvalue weighted by Gasteiger charge is -2.34. The number of aromatic nitrogens is 1. The van der Waals surface area contributed by atoms with Gasteiger partial charge in [-0.25, -0.2) is 4.79 Å². The van der Waals surface area contributed by atoms with Gasteiger partial charge in [-0.2, -0.15) is 0 Å². The van der Waals surface area contributed by atoms with E-state index in [9.17, 15) is 9.59 Å². The Bertz CT molecular complexity index is 839. The van der Waals surface area contributed by atoms with E-state index < -0.39 is 11.4 Å². The van der Waals surface area contributed by atoms with Crippen LogP contribution in [0.15, 0.2) is 23.1 Å². The Morgan fingerprint density at radius 3 is 2.43 bits per heavy atom. The molecule has 23 heavy (non-hydrogen) atoms. The molecule has 1 fully saturated rings. The van der Waals surface area contributed by atoms with E-state index in [1.807, 2.05) is 6.07 Å². The topological polar surface area (TPSA) is 65.8 Å². The van der Waals surface area contributed by atoms with Gasteiger partial charge in [0, 0.05) is 44.8 Å². The number of carboxylic acids is 1. The van der Waals surface area contributed by atoms with Gasteiger partial charge in [0.25, 0.3) is 0 Å². The summed E-state index contributed by atoms with van der Waals surface area (Å²) in [6.07, 6.45) is 1.36. The van der Waals surface area contributed by atoms with Crippen molar-refractivity contribution in [1.82, 2.24) is 9.47 Å². The van der Waals surface area contributed by atoms with Gasteiger partial charge in [0.2, 0.25) is 5.43 Å². The maximum atomic E-state index is 12.3. The highest BCUT2D eigenvalue weighted by Gasteiger charge is 2.20. The number of benzene rings is 1. The molecule has 2 heterocycles. The SMILES string of the molecule is CN1CCN(c2cc3c(cc2Cl)c(=O)c(C(=O)O)cn3C)CC1. The summed E-state index contributed by atoms with van der Waals surface area (Å²) in [6, 6.07) is 3.45. The van der Waals surface area contributed by atoms with Gasteiger partial charge in [-0.05, 0) is 19.2 Å². The third kappa shape index (κ3) is 2.80. The average molecular weight is 336 g/mol. The number of hydrogen-bond acceptors (Lipinski definition) is 4. The Kier molecular flexibility index (Phi) is 4.04. The van der Waals surface area contributed by atoms with E-state index in [1.165, 1.54) is 6.20 Å². The van der Waals surface area contributed by atoms with Crippen LogP contribution in [0.5, 0.6) is 0 Å². The van der Waals surface area contributed by atoms with Crippen molar-refractivity contribution >= 4 is 34.2 Å². The number of aryl methyl sites for hydroxylation is 1. The van der Waals surface area contributed by atoms with E-state index in [1.54, 1.807) is 17.7 Å². The van der Waals surface area contributed by atoms with Crippen molar-refractivity contribution in [2.75, 3.05) is 38.1 Å². The summed E-state index contributed by atoms with van der Waals surface area (Å²) in [7, 11) is 3.81. The highest BCUT2D eigenvalue weighted by Crippen LogP contribution is 2.30. The molecule has 0 aliphatic carbocycles. The van der Waals surface area contributed by atoms with Gasteiger partial charge >= 0.3 is 5.97 Å². The number of carbonyl (C=O) groups is 1. The first-order valence-corrected chi connectivity index (χ1v) is 7.76. The second-order valence-corrected chi connectivity index (χ2v) is 6.31. The molecule has 6 nitrogen and oxygen atoms in total. The molecule has 1 aromatic heterocycles. The molecule has 0 spiro atoms.